The monoisotopic (exact) mass is 249 g/mol. The van der Waals surface area contributed by atoms with Gasteiger partial charge in [-0.2, -0.15) is 0 Å². The van der Waals surface area contributed by atoms with Crippen molar-refractivity contribution in [1.82, 2.24) is 15.2 Å². The standard InChI is InChI=1S/C10H11N5OS/c1-6-4-3-5-7(12-6)13-8(16)9-14-15-10(11-2)17-9/h3-5H,1-2H3,(H,11,15)(H,12,13,16). The lowest BCUT2D eigenvalue weighted by Gasteiger charge is -2.01. The Labute approximate surface area is 102 Å². The SMILES string of the molecule is CNc1nnc(C(=O)Nc2cccc(C)n2)s1. The topological polar surface area (TPSA) is 79.8 Å². The first-order valence-electron chi connectivity index (χ1n) is 4.95. The molecule has 2 aromatic rings. The highest BCUT2D eigenvalue weighted by atomic mass is 32.1. The smallest absolute Gasteiger partial charge is 0.287 e. The summed E-state index contributed by atoms with van der Waals surface area (Å²) in [5.74, 6) is 0.207. The molecule has 2 rings (SSSR count). The molecule has 0 aromatic carbocycles. The van der Waals surface area contributed by atoms with E-state index in [2.05, 4.69) is 25.8 Å². The number of nitrogens with one attached hydrogen (secondary N) is 2. The number of rotatable bonds is 3. The highest BCUT2D eigenvalue weighted by Crippen LogP contribution is 2.15. The Morgan fingerprint density at radius 1 is 1.35 bits per heavy atom. The first kappa shape index (κ1) is 11.5. The van der Waals surface area contributed by atoms with Gasteiger partial charge in [0.15, 0.2) is 0 Å². The first-order valence-corrected chi connectivity index (χ1v) is 5.77. The molecule has 0 unspecified atom stereocenters. The zero-order chi connectivity index (χ0) is 12.3. The summed E-state index contributed by atoms with van der Waals surface area (Å²) >= 11 is 1.19. The van der Waals surface area contributed by atoms with Crippen LogP contribution in [0.15, 0.2) is 18.2 Å². The van der Waals surface area contributed by atoms with Crippen LogP contribution in [0.5, 0.6) is 0 Å². The van der Waals surface area contributed by atoms with Gasteiger partial charge in [0.1, 0.15) is 5.82 Å². The van der Waals surface area contributed by atoms with E-state index in [0.29, 0.717) is 16.0 Å². The van der Waals surface area contributed by atoms with Crippen molar-refractivity contribution in [2.45, 2.75) is 6.92 Å². The van der Waals surface area contributed by atoms with Gasteiger partial charge in [0, 0.05) is 12.7 Å². The second-order valence-electron chi connectivity index (χ2n) is 3.28. The van der Waals surface area contributed by atoms with Crippen LogP contribution < -0.4 is 10.6 Å². The van der Waals surface area contributed by atoms with Crippen molar-refractivity contribution >= 4 is 28.2 Å². The molecule has 0 aliphatic heterocycles. The van der Waals surface area contributed by atoms with E-state index >= 15 is 0 Å². The van der Waals surface area contributed by atoms with E-state index in [-0.39, 0.29) is 5.91 Å². The minimum Gasteiger partial charge on any atom is -0.363 e. The van der Waals surface area contributed by atoms with Crippen molar-refractivity contribution in [2.75, 3.05) is 17.7 Å². The summed E-state index contributed by atoms with van der Waals surface area (Å²) < 4.78 is 0. The molecule has 0 bridgehead atoms. The Balaban J connectivity index is 2.11. The van der Waals surface area contributed by atoms with Gasteiger partial charge in [-0.05, 0) is 19.1 Å². The average molecular weight is 249 g/mol. The Kier molecular flexibility index (Phi) is 3.29. The van der Waals surface area contributed by atoms with Gasteiger partial charge >= 0.3 is 0 Å². The average Bonchev–Trinajstić information content (AvgIpc) is 2.77. The maximum atomic E-state index is 11.8. The zero-order valence-electron chi connectivity index (χ0n) is 9.39. The summed E-state index contributed by atoms with van der Waals surface area (Å²) in [4.78, 5) is 16.0. The predicted molar refractivity (Wildman–Crippen MR) is 66.4 cm³/mol. The highest BCUT2D eigenvalue weighted by Gasteiger charge is 2.12. The molecule has 0 atom stereocenters. The number of anilines is 2. The molecule has 0 aliphatic rings. The van der Waals surface area contributed by atoms with E-state index in [1.807, 2.05) is 19.1 Å². The maximum absolute atomic E-state index is 11.8. The van der Waals surface area contributed by atoms with Crippen LogP contribution in [0.4, 0.5) is 10.9 Å². The largest absolute Gasteiger partial charge is 0.363 e. The number of carbonyl (C=O) groups is 1. The van der Waals surface area contributed by atoms with Crippen LogP contribution in [0.1, 0.15) is 15.5 Å². The molecule has 17 heavy (non-hydrogen) atoms. The molecule has 0 saturated heterocycles. The van der Waals surface area contributed by atoms with Crippen molar-refractivity contribution in [2.24, 2.45) is 0 Å². The molecule has 1 amide bonds. The first-order chi connectivity index (χ1) is 8.19. The normalized spacial score (nSPS) is 10.0. The van der Waals surface area contributed by atoms with Gasteiger partial charge in [-0.3, -0.25) is 4.79 Å². The molecule has 88 valence electrons. The van der Waals surface area contributed by atoms with Crippen molar-refractivity contribution in [3.8, 4) is 0 Å². The van der Waals surface area contributed by atoms with E-state index in [1.54, 1.807) is 13.1 Å². The van der Waals surface area contributed by atoms with Gasteiger partial charge < -0.3 is 10.6 Å². The number of aryl methyl sites for hydroxylation is 1. The van der Waals surface area contributed by atoms with E-state index in [0.717, 1.165) is 5.69 Å². The Bertz CT molecular complexity index is 539. The molecular formula is C10H11N5OS. The Hall–Kier alpha value is -2.02. The third-order valence-electron chi connectivity index (χ3n) is 1.96. The van der Waals surface area contributed by atoms with E-state index in [4.69, 9.17) is 0 Å². The lowest BCUT2D eigenvalue weighted by atomic mass is 10.4. The molecule has 0 aliphatic carbocycles. The van der Waals surface area contributed by atoms with E-state index in [1.165, 1.54) is 11.3 Å². The predicted octanol–water partition coefficient (Wildman–Crippen LogP) is 1.54. The molecule has 6 nitrogen and oxygen atoms in total. The minimum atomic E-state index is -0.304. The summed E-state index contributed by atoms with van der Waals surface area (Å²) in [7, 11) is 1.73. The van der Waals surface area contributed by atoms with Gasteiger partial charge in [-0.25, -0.2) is 4.98 Å². The third-order valence-corrected chi connectivity index (χ3v) is 2.90. The van der Waals surface area contributed by atoms with Crippen LogP contribution in [0, 0.1) is 6.92 Å². The summed E-state index contributed by atoms with van der Waals surface area (Å²) in [5, 5.41) is 14.0. The number of aromatic nitrogens is 3. The van der Waals surface area contributed by atoms with Crippen molar-refractivity contribution in [3.63, 3.8) is 0 Å². The number of hydrogen-bond acceptors (Lipinski definition) is 6. The fraction of sp³-hybridized carbons (Fsp3) is 0.200. The molecular weight excluding hydrogens is 238 g/mol. The van der Waals surface area contributed by atoms with Crippen LogP contribution >= 0.6 is 11.3 Å². The van der Waals surface area contributed by atoms with Gasteiger partial charge in [-0.15, -0.1) is 10.2 Å². The van der Waals surface area contributed by atoms with Crippen LogP contribution in [0.25, 0.3) is 0 Å². The molecule has 0 spiro atoms. The summed E-state index contributed by atoms with van der Waals surface area (Å²) in [6, 6.07) is 5.42. The van der Waals surface area contributed by atoms with Crippen LogP contribution in [-0.4, -0.2) is 28.1 Å². The number of amides is 1. The molecule has 7 heteroatoms. The van der Waals surface area contributed by atoms with Crippen LogP contribution in [0.2, 0.25) is 0 Å². The van der Waals surface area contributed by atoms with Crippen molar-refractivity contribution in [1.29, 1.82) is 0 Å². The second-order valence-corrected chi connectivity index (χ2v) is 4.26. The zero-order valence-corrected chi connectivity index (χ0v) is 10.2. The van der Waals surface area contributed by atoms with E-state index in [9.17, 15) is 4.79 Å². The van der Waals surface area contributed by atoms with Gasteiger partial charge in [-0.1, -0.05) is 17.4 Å². The van der Waals surface area contributed by atoms with Crippen LogP contribution in [-0.2, 0) is 0 Å². The lowest BCUT2D eigenvalue weighted by Crippen LogP contribution is -2.12. The molecule has 0 fully saturated rings. The van der Waals surface area contributed by atoms with Crippen molar-refractivity contribution < 1.29 is 4.79 Å². The minimum absolute atomic E-state index is 0.303. The lowest BCUT2D eigenvalue weighted by molar-refractivity contribution is 0.102. The molecule has 2 heterocycles. The fourth-order valence-corrected chi connectivity index (χ4v) is 1.79. The number of pyridine rings is 1. The molecule has 0 saturated carbocycles. The second kappa shape index (κ2) is 4.88. The Morgan fingerprint density at radius 3 is 2.82 bits per heavy atom. The summed E-state index contributed by atoms with van der Waals surface area (Å²) in [6.07, 6.45) is 0. The van der Waals surface area contributed by atoms with E-state index < -0.39 is 0 Å². The summed E-state index contributed by atoms with van der Waals surface area (Å²) in [5.41, 5.74) is 0.843. The van der Waals surface area contributed by atoms with Crippen molar-refractivity contribution in [3.05, 3.63) is 28.9 Å². The molecule has 0 radical (unpaired) electrons. The number of hydrogen-bond donors (Lipinski definition) is 2. The third kappa shape index (κ3) is 2.76. The summed E-state index contributed by atoms with van der Waals surface area (Å²) in [6.45, 7) is 1.86. The maximum Gasteiger partial charge on any atom is 0.287 e. The van der Waals surface area contributed by atoms with Crippen LogP contribution in [0.3, 0.4) is 0 Å². The van der Waals surface area contributed by atoms with Gasteiger partial charge in [0.25, 0.3) is 5.91 Å². The Morgan fingerprint density at radius 2 is 2.18 bits per heavy atom. The quantitative estimate of drug-likeness (QED) is 0.862. The number of carbonyl (C=O) groups excluding carboxylic acids is 1. The fourth-order valence-electron chi connectivity index (χ4n) is 1.20. The van der Waals surface area contributed by atoms with Gasteiger partial charge in [0.2, 0.25) is 10.1 Å². The van der Waals surface area contributed by atoms with Gasteiger partial charge in [0.05, 0.1) is 0 Å². The highest BCUT2D eigenvalue weighted by molar-refractivity contribution is 7.17. The number of nitrogens with zero attached hydrogens (tertiary/aromatic N) is 3. The molecule has 2 aromatic heterocycles. The molecule has 2 N–H and O–H groups in total.